The van der Waals surface area contributed by atoms with Crippen LogP contribution in [0.15, 0.2) is 47.6 Å². The standard InChI is InChI=1S/C21H25N5O2/c1-13(2)24-21(28)26-20-18-12-22-17(9-16(18)11-23-20)10-19(27)25-14(3)15-7-5-4-6-8-15/h4-9,12-14H,10-11H2,1-3H3,(H,25,27)(H2,23,24,26,28)/t14-/m1/s1. The molecule has 0 saturated carbocycles. The number of nitrogens with one attached hydrogen (secondary N) is 3. The van der Waals surface area contributed by atoms with Crippen LogP contribution in [0.2, 0.25) is 0 Å². The number of aliphatic imine (C=N–C) groups is 1. The van der Waals surface area contributed by atoms with Crippen molar-refractivity contribution in [1.82, 2.24) is 20.9 Å². The fourth-order valence-electron chi connectivity index (χ4n) is 3.03. The molecule has 1 atom stereocenters. The first-order valence-electron chi connectivity index (χ1n) is 9.37. The van der Waals surface area contributed by atoms with Crippen molar-refractivity contribution >= 4 is 17.8 Å². The second-order valence-electron chi connectivity index (χ2n) is 7.13. The Morgan fingerprint density at radius 1 is 1.11 bits per heavy atom. The number of hydrogen-bond donors (Lipinski definition) is 3. The third kappa shape index (κ3) is 4.94. The summed E-state index contributed by atoms with van der Waals surface area (Å²) < 4.78 is 0. The minimum Gasteiger partial charge on any atom is -0.349 e. The number of aromatic nitrogens is 1. The highest BCUT2D eigenvalue weighted by Gasteiger charge is 2.20. The number of carbonyl (C=O) groups excluding carboxylic acids is 2. The topological polar surface area (TPSA) is 95.5 Å². The largest absolute Gasteiger partial charge is 0.349 e. The maximum Gasteiger partial charge on any atom is 0.320 e. The second kappa shape index (κ2) is 8.65. The number of hydrogen-bond acceptors (Lipinski definition) is 4. The predicted molar refractivity (Wildman–Crippen MR) is 108 cm³/mol. The zero-order valence-electron chi connectivity index (χ0n) is 16.3. The van der Waals surface area contributed by atoms with Crippen molar-refractivity contribution in [3.05, 3.63) is 65.0 Å². The van der Waals surface area contributed by atoms with Crippen molar-refractivity contribution in [3.63, 3.8) is 0 Å². The molecule has 0 spiro atoms. The molecule has 2 aromatic rings. The highest BCUT2D eigenvalue weighted by molar-refractivity contribution is 6.09. The molecule has 3 amide bonds. The van der Waals surface area contributed by atoms with Gasteiger partial charge >= 0.3 is 6.03 Å². The van der Waals surface area contributed by atoms with Gasteiger partial charge in [-0.25, -0.2) is 4.79 Å². The molecule has 1 aliphatic rings. The molecule has 7 nitrogen and oxygen atoms in total. The molecule has 3 N–H and O–H groups in total. The number of rotatable bonds is 5. The molecule has 1 aromatic heterocycles. The molecule has 0 bridgehead atoms. The van der Waals surface area contributed by atoms with Crippen molar-refractivity contribution in [2.75, 3.05) is 0 Å². The third-order valence-corrected chi connectivity index (χ3v) is 4.38. The summed E-state index contributed by atoms with van der Waals surface area (Å²) in [5.74, 6) is 0.423. The Kier molecular flexibility index (Phi) is 6.03. The van der Waals surface area contributed by atoms with Crippen LogP contribution >= 0.6 is 0 Å². The maximum absolute atomic E-state index is 12.4. The lowest BCUT2D eigenvalue weighted by Crippen LogP contribution is -2.42. The molecule has 7 heteroatoms. The Balaban J connectivity index is 1.59. The van der Waals surface area contributed by atoms with Gasteiger partial charge in [0, 0.05) is 17.8 Å². The van der Waals surface area contributed by atoms with E-state index in [9.17, 15) is 9.59 Å². The van der Waals surface area contributed by atoms with Crippen molar-refractivity contribution in [1.29, 1.82) is 0 Å². The zero-order chi connectivity index (χ0) is 20.1. The molecule has 1 aliphatic heterocycles. The van der Waals surface area contributed by atoms with E-state index in [0.29, 0.717) is 18.1 Å². The highest BCUT2D eigenvalue weighted by atomic mass is 16.2. The van der Waals surface area contributed by atoms with Crippen LogP contribution in [0.4, 0.5) is 4.79 Å². The molecule has 0 aliphatic carbocycles. The van der Waals surface area contributed by atoms with Crippen LogP contribution in [0.25, 0.3) is 0 Å². The van der Waals surface area contributed by atoms with Gasteiger partial charge < -0.3 is 10.6 Å². The highest BCUT2D eigenvalue weighted by Crippen LogP contribution is 2.18. The number of carbonyl (C=O) groups is 2. The fourth-order valence-corrected chi connectivity index (χ4v) is 3.03. The van der Waals surface area contributed by atoms with Gasteiger partial charge in [0.1, 0.15) is 5.84 Å². The SMILES string of the molecule is CC(C)NC(=O)NC1=NCc2cc(CC(=O)N[C@H](C)c3ccccc3)ncc21. The first kappa shape index (κ1) is 19.5. The van der Waals surface area contributed by atoms with Crippen LogP contribution in [0, 0.1) is 0 Å². The monoisotopic (exact) mass is 379 g/mol. The average Bonchev–Trinajstić information content (AvgIpc) is 3.03. The molecule has 0 fully saturated rings. The molecular formula is C21H25N5O2. The van der Waals surface area contributed by atoms with Gasteiger partial charge in [0.15, 0.2) is 0 Å². The zero-order valence-corrected chi connectivity index (χ0v) is 16.3. The molecule has 28 heavy (non-hydrogen) atoms. The van der Waals surface area contributed by atoms with Gasteiger partial charge in [-0.05, 0) is 38.0 Å². The molecule has 0 radical (unpaired) electrons. The van der Waals surface area contributed by atoms with E-state index >= 15 is 0 Å². The van der Waals surface area contributed by atoms with Crippen molar-refractivity contribution in [3.8, 4) is 0 Å². The van der Waals surface area contributed by atoms with Crippen LogP contribution in [-0.2, 0) is 17.8 Å². The molecule has 1 aromatic carbocycles. The van der Waals surface area contributed by atoms with Gasteiger partial charge in [-0.1, -0.05) is 30.3 Å². The van der Waals surface area contributed by atoms with E-state index in [1.54, 1.807) is 6.20 Å². The predicted octanol–water partition coefficient (Wildman–Crippen LogP) is 2.47. The summed E-state index contributed by atoms with van der Waals surface area (Å²) in [5.41, 5.74) is 3.48. The molecule has 0 unspecified atom stereocenters. The van der Waals surface area contributed by atoms with Gasteiger partial charge in [0.2, 0.25) is 5.91 Å². The fraction of sp³-hybridized carbons (Fsp3) is 0.333. The molecular weight excluding hydrogens is 354 g/mol. The van der Waals surface area contributed by atoms with E-state index in [1.807, 2.05) is 57.2 Å². The van der Waals surface area contributed by atoms with E-state index in [1.165, 1.54) is 0 Å². The number of pyridine rings is 1. The lowest BCUT2D eigenvalue weighted by Gasteiger charge is -2.14. The number of benzene rings is 1. The summed E-state index contributed by atoms with van der Waals surface area (Å²) in [4.78, 5) is 33.0. The van der Waals surface area contributed by atoms with Crippen LogP contribution in [0.3, 0.4) is 0 Å². The van der Waals surface area contributed by atoms with Gasteiger partial charge in [0.05, 0.1) is 24.7 Å². The average molecular weight is 379 g/mol. The number of fused-ring (bicyclic) bond motifs is 1. The number of urea groups is 1. The molecule has 3 rings (SSSR count). The van der Waals surface area contributed by atoms with Gasteiger partial charge in [-0.3, -0.25) is 20.1 Å². The summed E-state index contributed by atoms with van der Waals surface area (Å²) in [6.45, 7) is 6.20. The lowest BCUT2D eigenvalue weighted by atomic mass is 10.1. The summed E-state index contributed by atoms with van der Waals surface area (Å²) in [7, 11) is 0. The molecule has 2 heterocycles. The van der Waals surface area contributed by atoms with Crippen molar-refractivity contribution in [2.45, 2.75) is 45.8 Å². The van der Waals surface area contributed by atoms with Crippen molar-refractivity contribution < 1.29 is 9.59 Å². The van der Waals surface area contributed by atoms with Crippen LogP contribution in [0.1, 0.15) is 49.2 Å². The van der Waals surface area contributed by atoms with Gasteiger partial charge in [-0.15, -0.1) is 0 Å². The smallest absolute Gasteiger partial charge is 0.320 e. The van der Waals surface area contributed by atoms with E-state index in [4.69, 9.17) is 0 Å². The maximum atomic E-state index is 12.4. The Bertz CT molecular complexity index is 893. The van der Waals surface area contributed by atoms with Crippen LogP contribution in [0.5, 0.6) is 0 Å². The van der Waals surface area contributed by atoms with Gasteiger partial charge in [-0.2, -0.15) is 0 Å². The van der Waals surface area contributed by atoms with Crippen LogP contribution in [-0.4, -0.2) is 28.8 Å². The first-order chi connectivity index (χ1) is 13.4. The first-order valence-corrected chi connectivity index (χ1v) is 9.37. The van der Waals surface area contributed by atoms with E-state index < -0.39 is 0 Å². The summed E-state index contributed by atoms with van der Waals surface area (Å²) in [6.07, 6.45) is 1.86. The Labute approximate surface area is 164 Å². The van der Waals surface area contributed by atoms with E-state index in [-0.39, 0.29) is 30.4 Å². The lowest BCUT2D eigenvalue weighted by molar-refractivity contribution is -0.121. The Hall–Kier alpha value is -3.22. The quantitative estimate of drug-likeness (QED) is 0.745. The number of amides is 3. The summed E-state index contributed by atoms with van der Waals surface area (Å²) in [5, 5.41) is 8.51. The van der Waals surface area contributed by atoms with Crippen molar-refractivity contribution in [2.24, 2.45) is 4.99 Å². The van der Waals surface area contributed by atoms with E-state index in [2.05, 4.69) is 25.9 Å². The minimum absolute atomic E-state index is 0.0405. The second-order valence-corrected chi connectivity index (χ2v) is 7.13. The Morgan fingerprint density at radius 3 is 2.57 bits per heavy atom. The summed E-state index contributed by atoms with van der Waals surface area (Å²) >= 11 is 0. The van der Waals surface area contributed by atoms with Gasteiger partial charge in [0.25, 0.3) is 0 Å². The Morgan fingerprint density at radius 2 is 1.86 bits per heavy atom. The molecule has 146 valence electrons. The number of amidine groups is 1. The number of nitrogens with zero attached hydrogens (tertiary/aromatic N) is 2. The van der Waals surface area contributed by atoms with E-state index in [0.717, 1.165) is 16.7 Å². The minimum atomic E-state index is -0.292. The third-order valence-electron chi connectivity index (χ3n) is 4.38. The summed E-state index contributed by atoms with van der Waals surface area (Å²) in [6, 6.07) is 11.4. The molecule has 0 saturated heterocycles. The normalized spacial score (nSPS) is 13.5. The van der Waals surface area contributed by atoms with Crippen LogP contribution < -0.4 is 16.0 Å².